The molecule has 146 valence electrons. The quantitative estimate of drug-likeness (QED) is 0.720. The normalized spacial score (nSPS) is 13.9. The average molecular weight is 400 g/mol. The lowest BCUT2D eigenvalue weighted by molar-refractivity contribution is -0.137. The molecule has 1 aliphatic heterocycles. The summed E-state index contributed by atoms with van der Waals surface area (Å²) in [7, 11) is 1.50. The molecular weight excluding hydrogens is 380 g/mol. The Morgan fingerprint density at radius 3 is 2.79 bits per heavy atom. The molecule has 0 bridgehead atoms. The fourth-order valence-electron chi connectivity index (χ4n) is 2.70. The minimum Gasteiger partial charge on any atom is -0.455 e. The second-order valence-corrected chi connectivity index (χ2v) is 7.19. The van der Waals surface area contributed by atoms with Crippen molar-refractivity contribution in [1.29, 1.82) is 0 Å². The highest BCUT2D eigenvalue weighted by Crippen LogP contribution is 2.29. The lowest BCUT2D eigenvalue weighted by Crippen LogP contribution is -2.32. The first-order valence-electron chi connectivity index (χ1n) is 8.68. The Hall–Kier alpha value is -3.07. The Bertz CT molecular complexity index is 953. The van der Waals surface area contributed by atoms with Crippen LogP contribution < -0.4 is 4.90 Å². The van der Waals surface area contributed by atoms with Gasteiger partial charge in [0.15, 0.2) is 5.13 Å². The van der Waals surface area contributed by atoms with E-state index in [4.69, 9.17) is 4.74 Å². The van der Waals surface area contributed by atoms with E-state index in [1.807, 2.05) is 31.2 Å². The molecule has 1 aromatic carbocycles. The maximum Gasteiger partial charge on any atom is 0.354 e. The molecule has 0 atom stereocenters. The highest BCUT2D eigenvalue weighted by Gasteiger charge is 2.24. The Balaban J connectivity index is 1.69. The van der Waals surface area contributed by atoms with Crippen LogP contribution in [0.3, 0.4) is 0 Å². The molecule has 28 heavy (non-hydrogen) atoms. The molecule has 0 spiro atoms. The van der Waals surface area contributed by atoms with Gasteiger partial charge in [-0.1, -0.05) is 12.1 Å². The van der Waals surface area contributed by atoms with Gasteiger partial charge < -0.3 is 4.74 Å². The largest absolute Gasteiger partial charge is 0.455 e. The van der Waals surface area contributed by atoms with Gasteiger partial charge in [-0.3, -0.25) is 14.5 Å². The van der Waals surface area contributed by atoms with Crippen LogP contribution in [0.5, 0.6) is 0 Å². The topological polar surface area (TPSA) is 92.2 Å². The van der Waals surface area contributed by atoms with Gasteiger partial charge in [-0.25, -0.2) is 14.8 Å². The monoisotopic (exact) mass is 400 g/mol. The summed E-state index contributed by atoms with van der Waals surface area (Å²) in [6.07, 6.45) is 0.491. The average Bonchev–Trinajstić information content (AvgIpc) is 3.10. The van der Waals surface area contributed by atoms with Crippen LogP contribution in [-0.2, 0) is 25.7 Å². The van der Waals surface area contributed by atoms with Gasteiger partial charge in [-0.15, -0.1) is 11.3 Å². The first-order valence-corrected chi connectivity index (χ1v) is 9.56. The zero-order valence-electron chi connectivity index (χ0n) is 15.8. The number of ether oxygens (including phenoxy) is 1. The maximum atomic E-state index is 12.2. The summed E-state index contributed by atoms with van der Waals surface area (Å²) >= 11 is 1.29. The molecule has 1 aliphatic rings. The number of benzene rings is 1. The Kier molecular flexibility index (Phi) is 5.84. The van der Waals surface area contributed by atoms with Crippen molar-refractivity contribution in [2.24, 2.45) is 5.10 Å². The predicted octanol–water partition coefficient (Wildman–Crippen LogP) is 2.79. The molecule has 0 fully saturated rings. The smallest absolute Gasteiger partial charge is 0.354 e. The summed E-state index contributed by atoms with van der Waals surface area (Å²) in [5.74, 6) is -0.870. The molecule has 2 heterocycles. The number of hydrazone groups is 1. The molecule has 8 nitrogen and oxygen atoms in total. The summed E-state index contributed by atoms with van der Waals surface area (Å²) in [6, 6.07) is 7.58. The third kappa shape index (κ3) is 4.42. The highest BCUT2D eigenvalue weighted by atomic mass is 32.1. The number of nitrogens with zero attached hydrogens (tertiary/aromatic N) is 4. The van der Waals surface area contributed by atoms with E-state index in [2.05, 4.69) is 10.1 Å². The SMILES string of the molecule is CC(=O)N(c1cccc(C)c1)c1nc(COC(=O)C2=NN(C)C(=O)CC2)cs1. The van der Waals surface area contributed by atoms with Gasteiger partial charge in [0.25, 0.3) is 0 Å². The lowest BCUT2D eigenvalue weighted by Gasteiger charge is -2.18. The second-order valence-electron chi connectivity index (χ2n) is 6.36. The van der Waals surface area contributed by atoms with Crippen LogP contribution in [0.4, 0.5) is 10.8 Å². The van der Waals surface area contributed by atoms with Crippen molar-refractivity contribution in [2.75, 3.05) is 11.9 Å². The number of thiazole rings is 1. The van der Waals surface area contributed by atoms with Gasteiger partial charge in [-0.2, -0.15) is 5.10 Å². The fraction of sp³-hybridized carbons (Fsp3) is 0.316. The van der Waals surface area contributed by atoms with Crippen LogP contribution in [0.25, 0.3) is 0 Å². The fourth-order valence-corrected chi connectivity index (χ4v) is 3.57. The van der Waals surface area contributed by atoms with Gasteiger partial charge in [-0.05, 0) is 24.6 Å². The van der Waals surface area contributed by atoms with Crippen LogP contribution in [0, 0.1) is 6.92 Å². The molecule has 3 rings (SSSR count). The van der Waals surface area contributed by atoms with E-state index in [0.717, 1.165) is 16.3 Å². The molecule has 2 aromatic rings. The van der Waals surface area contributed by atoms with Crippen LogP contribution in [-0.4, -0.2) is 40.5 Å². The van der Waals surface area contributed by atoms with E-state index in [1.54, 1.807) is 5.38 Å². The number of rotatable bonds is 5. The Labute approximate surface area is 166 Å². The van der Waals surface area contributed by atoms with E-state index in [-0.39, 0.29) is 37.0 Å². The van der Waals surface area contributed by atoms with Crippen molar-refractivity contribution in [1.82, 2.24) is 9.99 Å². The van der Waals surface area contributed by atoms with Crippen molar-refractivity contribution in [3.63, 3.8) is 0 Å². The molecule has 0 saturated heterocycles. The third-order valence-corrected chi connectivity index (χ3v) is 4.97. The minimum atomic E-state index is -0.573. The number of carbonyl (C=O) groups is 3. The number of aryl methyl sites for hydroxylation is 1. The lowest BCUT2D eigenvalue weighted by atomic mass is 10.2. The van der Waals surface area contributed by atoms with E-state index in [9.17, 15) is 14.4 Å². The predicted molar refractivity (Wildman–Crippen MR) is 105 cm³/mol. The molecular formula is C19H20N4O4S. The first kappa shape index (κ1) is 19.7. The zero-order chi connectivity index (χ0) is 20.3. The first-order chi connectivity index (χ1) is 13.3. The van der Waals surface area contributed by atoms with E-state index >= 15 is 0 Å². The van der Waals surface area contributed by atoms with Gasteiger partial charge in [0.1, 0.15) is 12.3 Å². The van der Waals surface area contributed by atoms with Crippen molar-refractivity contribution in [3.8, 4) is 0 Å². The minimum absolute atomic E-state index is 0.0361. The summed E-state index contributed by atoms with van der Waals surface area (Å²) < 4.78 is 5.26. The van der Waals surface area contributed by atoms with E-state index in [1.165, 1.54) is 30.2 Å². The van der Waals surface area contributed by atoms with Crippen LogP contribution in [0.15, 0.2) is 34.7 Å². The van der Waals surface area contributed by atoms with Crippen molar-refractivity contribution in [3.05, 3.63) is 40.9 Å². The standard InChI is InChI=1S/C19H20N4O4S/c1-12-5-4-6-15(9-12)23(13(2)24)19-20-14(11-28-19)10-27-18(26)16-7-8-17(25)22(3)21-16/h4-6,9,11H,7-8,10H2,1-3H3. The maximum absolute atomic E-state index is 12.2. The summed E-state index contributed by atoms with van der Waals surface area (Å²) in [5.41, 5.74) is 2.51. The molecule has 0 aliphatic carbocycles. The van der Waals surface area contributed by atoms with Crippen LogP contribution >= 0.6 is 11.3 Å². The van der Waals surface area contributed by atoms with Crippen molar-refractivity contribution < 1.29 is 19.1 Å². The molecule has 1 aromatic heterocycles. The number of aromatic nitrogens is 1. The van der Waals surface area contributed by atoms with E-state index in [0.29, 0.717) is 10.8 Å². The Morgan fingerprint density at radius 1 is 1.32 bits per heavy atom. The van der Waals surface area contributed by atoms with Gasteiger partial charge >= 0.3 is 5.97 Å². The number of hydrogen-bond donors (Lipinski definition) is 0. The summed E-state index contributed by atoms with van der Waals surface area (Å²) in [5, 5.41) is 7.33. The molecule has 0 saturated carbocycles. The van der Waals surface area contributed by atoms with Gasteiger partial charge in [0, 0.05) is 32.2 Å². The second kappa shape index (κ2) is 8.30. The summed E-state index contributed by atoms with van der Waals surface area (Å²) in [6.45, 7) is 3.39. The molecule has 0 radical (unpaired) electrons. The number of amides is 2. The summed E-state index contributed by atoms with van der Waals surface area (Å²) in [4.78, 5) is 41.7. The Morgan fingerprint density at radius 2 is 2.11 bits per heavy atom. The van der Waals surface area contributed by atoms with Crippen molar-refractivity contribution >= 4 is 45.7 Å². The van der Waals surface area contributed by atoms with Gasteiger partial charge in [0.05, 0.1) is 11.4 Å². The molecule has 2 amide bonds. The number of esters is 1. The number of hydrogen-bond acceptors (Lipinski definition) is 7. The highest BCUT2D eigenvalue weighted by molar-refractivity contribution is 7.14. The van der Waals surface area contributed by atoms with Gasteiger partial charge in [0.2, 0.25) is 11.8 Å². The number of carbonyl (C=O) groups excluding carboxylic acids is 3. The molecule has 9 heteroatoms. The van der Waals surface area contributed by atoms with Crippen molar-refractivity contribution in [2.45, 2.75) is 33.3 Å². The van der Waals surface area contributed by atoms with E-state index < -0.39 is 5.97 Å². The van der Waals surface area contributed by atoms with Crippen LogP contribution in [0.1, 0.15) is 31.0 Å². The third-order valence-electron chi connectivity index (χ3n) is 4.10. The molecule has 0 N–H and O–H groups in total. The van der Waals surface area contributed by atoms with Crippen LogP contribution in [0.2, 0.25) is 0 Å². The molecule has 0 unspecified atom stereocenters. The zero-order valence-corrected chi connectivity index (χ0v) is 16.7. The number of anilines is 2.